The Bertz CT molecular complexity index is 1740. The summed E-state index contributed by atoms with van der Waals surface area (Å²) in [5.41, 5.74) is 3.14. The first-order chi connectivity index (χ1) is 23.1. The molecule has 0 radical (unpaired) electrons. The molecule has 6 rings (SSSR count). The van der Waals surface area contributed by atoms with Crippen molar-refractivity contribution >= 4 is 29.3 Å². The van der Waals surface area contributed by atoms with E-state index in [1.165, 1.54) is 23.9 Å². The van der Waals surface area contributed by atoms with Crippen molar-refractivity contribution in [2.24, 2.45) is 0 Å². The number of aromatic hydroxyl groups is 1. The molecule has 4 atom stereocenters. The minimum atomic E-state index is -5.07. The predicted molar refractivity (Wildman–Crippen MR) is 166 cm³/mol. The molecule has 4 aromatic rings. The van der Waals surface area contributed by atoms with Crippen molar-refractivity contribution in [3.8, 4) is 11.4 Å². The number of ether oxygens (including phenoxy) is 2. The van der Waals surface area contributed by atoms with Crippen molar-refractivity contribution in [3.63, 3.8) is 0 Å². The number of aliphatic hydroxyl groups is 1. The Balaban J connectivity index is 1.19. The highest BCUT2D eigenvalue weighted by molar-refractivity contribution is 7.99. The fourth-order valence-electron chi connectivity index (χ4n) is 5.65. The van der Waals surface area contributed by atoms with Gasteiger partial charge < -0.3 is 29.9 Å². The third-order valence-corrected chi connectivity index (χ3v) is 9.08. The predicted octanol–water partition coefficient (Wildman–Crippen LogP) is 4.69. The third-order valence-electron chi connectivity index (χ3n) is 8.03. The highest BCUT2D eigenvalue weighted by atomic mass is 32.2. The molecule has 3 aromatic carbocycles. The van der Waals surface area contributed by atoms with E-state index >= 15 is 0 Å². The zero-order valence-electron chi connectivity index (χ0n) is 25.3. The lowest BCUT2D eigenvalue weighted by Gasteiger charge is -2.36. The second kappa shape index (κ2) is 14.3. The van der Waals surface area contributed by atoms with Crippen LogP contribution in [0.4, 0.5) is 18.9 Å². The molecule has 0 saturated carbocycles. The fourth-order valence-corrected chi connectivity index (χ4v) is 6.56. The monoisotopic (exact) mass is 684 g/mol. The number of aliphatic hydroxyl groups excluding tert-OH is 1. The first-order valence-electron chi connectivity index (χ1n) is 15.1. The Morgan fingerprint density at radius 2 is 1.79 bits per heavy atom. The Labute approximate surface area is 276 Å². The number of rotatable bonds is 9. The van der Waals surface area contributed by atoms with Gasteiger partial charge in [-0.05, 0) is 70.8 Å². The first kappa shape index (κ1) is 33.4. The average Bonchev–Trinajstić information content (AvgIpc) is 3.77. The van der Waals surface area contributed by atoms with Crippen LogP contribution in [0.3, 0.4) is 0 Å². The van der Waals surface area contributed by atoms with Gasteiger partial charge in [0.25, 0.3) is 0 Å². The second-order valence-electron chi connectivity index (χ2n) is 11.3. The van der Waals surface area contributed by atoms with Crippen LogP contribution in [0.1, 0.15) is 48.3 Å². The Morgan fingerprint density at radius 1 is 1.02 bits per heavy atom. The molecule has 48 heavy (non-hydrogen) atoms. The normalized spacial score (nSPS) is 21.3. The van der Waals surface area contributed by atoms with Crippen LogP contribution in [-0.2, 0) is 25.7 Å². The molecule has 16 heteroatoms. The molecule has 3 N–H and O–H groups in total. The smallest absolute Gasteiger partial charge is 0.471 e. The Kier molecular flexibility index (Phi) is 9.96. The van der Waals surface area contributed by atoms with Gasteiger partial charge in [-0.2, -0.15) is 17.9 Å². The summed E-state index contributed by atoms with van der Waals surface area (Å²) in [4.78, 5) is 25.5. The zero-order chi connectivity index (χ0) is 33.8. The number of amides is 2. The zero-order valence-corrected chi connectivity index (χ0v) is 26.1. The van der Waals surface area contributed by atoms with E-state index < -0.39 is 36.4 Å². The molecule has 3 heterocycles. The maximum absolute atomic E-state index is 13.1. The molecule has 2 aliphatic heterocycles. The molecular weight excluding hydrogens is 653 g/mol. The number of tetrazole rings is 1. The molecule has 2 aliphatic rings. The molecule has 4 unspecified atom stereocenters. The quantitative estimate of drug-likeness (QED) is 0.212. The lowest BCUT2D eigenvalue weighted by atomic mass is 10.0. The van der Waals surface area contributed by atoms with Gasteiger partial charge in [-0.15, -0.1) is 5.10 Å². The summed E-state index contributed by atoms with van der Waals surface area (Å²) in [5.74, 6) is -2.20. The summed E-state index contributed by atoms with van der Waals surface area (Å²) in [6.07, 6.45) is -5.84. The van der Waals surface area contributed by atoms with E-state index in [-0.39, 0.29) is 37.8 Å². The van der Waals surface area contributed by atoms with Crippen LogP contribution in [0.2, 0.25) is 0 Å². The van der Waals surface area contributed by atoms with Crippen LogP contribution in [0.15, 0.2) is 78.0 Å². The summed E-state index contributed by atoms with van der Waals surface area (Å²) in [5, 5.41) is 34.3. The molecular formula is C32H31F3N6O6S. The number of anilines is 1. The molecule has 0 bridgehead atoms. The number of likely N-dealkylation sites (tertiary alicyclic amines) is 1. The molecule has 12 nitrogen and oxygen atoms in total. The topological polar surface area (TPSA) is 152 Å². The number of phenols is 1. The van der Waals surface area contributed by atoms with Crippen molar-refractivity contribution in [3.05, 3.63) is 89.5 Å². The Morgan fingerprint density at radius 3 is 2.52 bits per heavy atom. The van der Waals surface area contributed by atoms with Gasteiger partial charge in [0, 0.05) is 30.0 Å². The van der Waals surface area contributed by atoms with Crippen molar-refractivity contribution < 1.29 is 42.4 Å². The number of thioether (sulfide) groups is 1. The highest BCUT2D eigenvalue weighted by Gasteiger charge is 2.47. The number of hydrogen-bond donors (Lipinski definition) is 3. The second-order valence-corrected chi connectivity index (χ2v) is 12.3. The first-order valence-corrected chi connectivity index (χ1v) is 16.1. The van der Waals surface area contributed by atoms with Gasteiger partial charge in [-0.3, -0.25) is 9.59 Å². The van der Waals surface area contributed by atoms with Crippen molar-refractivity contribution in [2.45, 2.75) is 61.7 Å². The number of halogens is 3. The van der Waals surface area contributed by atoms with Gasteiger partial charge in [0.1, 0.15) is 11.8 Å². The van der Waals surface area contributed by atoms with E-state index in [1.807, 2.05) is 24.3 Å². The minimum absolute atomic E-state index is 0.103. The maximum Gasteiger partial charge on any atom is 0.471 e. The number of benzene rings is 3. The maximum atomic E-state index is 13.1. The summed E-state index contributed by atoms with van der Waals surface area (Å²) in [7, 11) is 0. The van der Waals surface area contributed by atoms with E-state index in [2.05, 4.69) is 20.8 Å². The average molecular weight is 685 g/mol. The standard InChI is InChI=1S/C32H31F3N6O6S/c33-32(34,35)30(45)40-14-2-5-26(40)28(44)36-22-4-1-3-21(15-22)29-46-25(16-27(47-29)20-8-6-19(17-42)7-9-20)18-48-31-37-38-39-41(31)23-10-12-24(43)13-11-23/h1,3-4,6-13,15,25-27,29,42-43H,2,5,14,16-18H2,(H,36,44). The van der Waals surface area contributed by atoms with Crippen molar-refractivity contribution in [1.82, 2.24) is 25.1 Å². The van der Waals surface area contributed by atoms with E-state index in [1.54, 1.807) is 41.1 Å². The van der Waals surface area contributed by atoms with Gasteiger partial charge in [0.05, 0.1) is 24.5 Å². The largest absolute Gasteiger partial charge is 0.508 e. The SMILES string of the molecule is O=C(Nc1cccc(C2OC(CSc3nnnn3-c3ccc(O)cc3)CC(c3ccc(CO)cc3)O2)c1)C1CCCN1C(=O)C(F)(F)F. The van der Waals surface area contributed by atoms with Crippen LogP contribution >= 0.6 is 11.8 Å². The molecule has 1 aromatic heterocycles. The molecule has 2 amide bonds. The summed E-state index contributed by atoms with van der Waals surface area (Å²) >= 11 is 1.37. The van der Waals surface area contributed by atoms with Crippen LogP contribution in [0, 0.1) is 0 Å². The van der Waals surface area contributed by atoms with Crippen LogP contribution in [0.5, 0.6) is 5.75 Å². The van der Waals surface area contributed by atoms with E-state index in [9.17, 15) is 33.0 Å². The van der Waals surface area contributed by atoms with Gasteiger partial charge in [0.2, 0.25) is 11.1 Å². The molecule has 0 spiro atoms. The van der Waals surface area contributed by atoms with Gasteiger partial charge in [-0.25, -0.2) is 0 Å². The number of nitrogens with zero attached hydrogens (tertiary/aromatic N) is 5. The minimum Gasteiger partial charge on any atom is -0.508 e. The number of aromatic nitrogens is 4. The lowest BCUT2D eigenvalue weighted by Crippen LogP contribution is -2.48. The molecule has 0 aliphatic carbocycles. The van der Waals surface area contributed by atoms with Gasteiger partial charge >= 0.3 is 12.1 Å². The molecule has 2 saturated heterocycles. The van der Waals surface area contributed by atoms with E-state index in [0.29, 0.717) is 39.2 Å². The van der Waals surface area contributed by atoms with Crippen LogP contribution < -0.4 is 5.32 Å². The molecule has 252 valence electrons. The lowest BCUT2D eigenvalue weighted by molar-refractivity contribution is -0.245. The number of hydrogen-bond acceptors (Lipinski definition) is 10. The summed E-state index contributed by atoms with van der Waals surface area (Å²) in [6, 6.07) is 19.2. The number of nitrogens with one attached hydrogen (secondary N) is 1. The van der Waals surface area contributed by atoms with Crippen molar-refractivity contribution in [2.75, 3.05) is 17.6 Å². The number of alkyl halides is 3. The number of carbonyl (C=O) groups excluding carboxylic acids is 2. The summed E-state index contributed by atoms with van der Waals surface area (Å²) < 4.78 is 53.7. The van der Waals surface area contributed by atoms with Crippen molar-refractivity contribution in [1.29, 1.82) is 0 Å². The highest BCUT2D eigenvalue weighted by Crippen LogP contribution is 2.40. The van der Waals surface area contributed by atoms with Crippen LogP contribution in [-0.4, -0.2) is 77.8 Å². The van der Waals surface area contributed by atoms with Crippen LogP contribution in [0.25, 0.3) is 5.69 Å². The number of phenolic OH excluding ortho intramolecular Hbond substituents is 1. The van der Waals surface area contributed by atoms with E-state index in [4.69, 9.17) is 9.47 Å². The molecule has 2 fully saturated rings. The fraction of sp³-hybridized carbons (Fsp3) is 0.344. The Hall–Kier alpha value is -4.51. The number of carbonyl (C=O) groups is 2. The van der Waals surface area contributed by atoms with Gasteiger partial charge in [0.15, 0.2) is 6.29 Å². The van der Waals surface area contributed by atoms with E-state index in [0.717, 1.165) is 11.1 Å². The summed E-state index contributed by atoms with van der Waals surface area (Å²) in [6.45, 7) is -0.254. The third kappa shape index (κ3) is 7.62. The van der Waals surface area contributed by atoms with Gasteiger partial charge in [-0.1, -0.05) is 48.2 Å².